The fraction of sp³-hybridized carbons (Fsp3) is 0.286. The SMILES string of the molecule is Cc1[nH]ncc1S(=O)(=O)N1CCc2ccccc2C1C(=O)O. The number of hydrogen-bond donors (Lipinski definition) is 2. The molecule has 0 aliphatic carbocycles. The molecule has 1 aliphatic rings. The number of fused-ring (bicyclic) bond motifs is 1. The second-order valence-electron chi connectivity index (χ2n) is 5.16. The van der Waals surface area contributed by atoms with Crippen LogP contribution >= 0.6 is 0 Å². The maximum absolute atomic E-state index is 12.8. The molecule has 0 bridgehead atoms. The second kappa shape index (κ2) is 5.22. The van der Waals surface area contributed by atoms with Crippen molar-refractivity contribution in [2.75, 3.05) is 6.54 Å². The molecule has 3 rings (SSSR count). The monoisotopic (exact) mass is 321 g/mol. The first-order valence-electron chi connectivity index (χ1n) is 6.75. The van der Waals surface area contributed by atoms with Gasteiger partial charge in [0.25, 0.3) is 0 Å². The van der Waals surface area contributed by atoms with E-state index in [1.807, 2.05) is 12.1 Å². The molecule has 0 saturated carbocycles. The molecule has 1 atom stereocenters. The standard InChI is InChI=1S/C14H15N3O4S/c1-9-12(8-15-16-9)22(20,21)17-7-6-10-4-2-3-5-11(10)13(17)14(18)19/h2-5,8,13H,6-7H2,1H3,(H,15,16)(H,18,19). The van der Waals surface area contributed by atoms with Gasteiger partial charge in [-0.15, -0.1) is 0 Å². The molecule has 1 unspecified atom stereocenters. The predicted octanol–water partition coefficient (Wildman–Crippen LogP) is 1.09. The van der Waals surface area contributed by atoms with Crippen molar-refractivity contribution in [1.29, 1.82) is 0 Å². The quantitative estimate of drug-likeness (QED) is 0.881. The summed E-state index contributed by atoms with van der Waals surface area (Å²) in [6.45, 7) is 1.72. The van der Waals surface area contributed by atoms with Crippen molar-refractivity contribution in [3.05, 3.63) is 47.3 Å². The Morgan fingerprint density at radius 2 is 2.14 bits per heavy atom. The number of carboxylic acids is 1. The number of aromatic nitrogens is 2. The third-order valence-corrected chi connectivity index (χ3v) is 5.82. The van der Waals surface area contributed by atoms with E-state index >= 15 is 0 Å². The molecule has 2 aromatic rings. The van der Waals surface area contributed by atoms with Gasteiger partial charge in [0.1, 0.15) is 10.9 Å². The van der Waals surface area contributed by atoms with Crippen molar-refractivity contribution in [1.82, 2.24) is 14.5 Å². The highest BCUT2D eigenvalue weighted by Crippen LogP contribution is 2.34. The number of nitrogens with one attached hydrogen (secondary N) is 1. The van der Waals surface area contributed by atoms with Gasteiger partial charge in [-0.1, -0.05) is 24.3 Å². The van der Waals surface area contributed by atoms with Crippen LogP contribution in [0.4, 0.5) is 0 Å². The lowest BCUT2D eigenvalue weighted by molar-refractivity contribution is -0.142. The van der Waals surface area contributed by atoms with Crippen molar-refractivity contribution >= 4 is 16.0 Å². The van der Waals surface area contributed by atoms with Crippen LogP contribution in [0.5, 0.6) is 0 Å². The second-order valence-corrected chi connectivity index (χ2v) is 7.02. The van der Waals surface area contributed by atoms with Crippen molar-refractivity contribution in [2.24, 2.45) is 0 Å². The summed E-state index contributed by atoms with van der Waals surface area (Å²) in [5.74, 6) is -1.18. The molecule has 0 fully saturated rings. The molecule has 0 radical (unpaired) electrons. The molecule has 7 nitrogen and oxygen atoms in total. The Labute approximate surface area is 127 Å². The zero-order valence-corrected chi connectivity index (χ0v) is 12.7. The minimum absolute atomic E-state index is 0.0122. The molecule has 0 amide bonds. The van der Waals surface area contributed by atoms with Gasteiger partial charge < -0.3 is 5.11 Å². The lowest BCUT2D eigenvalue weighted by atomic mass is 9.94. The molecule has 22 heavy (non-hydrogen) atoms. The van der Waals surface area contributed by atoms with Gasteiger partial charge in [-0.3, -0.25) is 9.89 Å². The van der Waals surface area contributed by atoms with Crippen LogP contribution in [-0.4, -0.2) is 40.5 Å². The van der Waals surface area contributed by atoms with Gasteiger partial charge in [0, 0.05) is 6.54 Å². The summed E-state index contributed by atoms with van der Waals surface area (Å²) < 4.78 is 26.6. The Hall–Kier alpha value is -2.19. The van der Waals surface area contributed by atoms with Crippen LogP contribution in [0.25, 0.3) is 0 Å². The van der Waals surface area contributed by atoms with E-state index in [0.29, 0.717) is 17.7 Å². The highest BCUT2D eigenvalue weighted by molar-refractivity contribution is 7.89. The Kier molecular flexibility index (Phi) is 3.50. The van der Waals surface area contributed by atoms with Gasteiger partial charge in [-0.25, -0.2) is 8.42 Å². The van der Waals surface area contributed by atoms with E-state index in [1.54, 1.807) is 19.1 Å². The maximum atomic E-state index is 12.8. The lowest BCUT2D eigenvalue weighted by Crippen LogP contribution is -2.43. The molecular formula is C14H15N3O4S. The van der Waals surface area contributed by atoms with Crippen LogP contribution in [0.15, 0.2) is 35.4 Å². The van der Waals surface area contributed by atoms with Gasteiger partial charge in [0.2, 0.25) is 10.0 Å². The zero-order chi connectivity index (χ0) is 15.9. The van der Waals surface area contributed by atoms with Crippen LogP contribution in [0.1, 0.15) is 22.9 Å². The van der Waals surface area contributed by atoms with E-state index in [0.717, 1.165) is 9.87 Å². The minimum Gasteiger partial charge on any atom is -0.480 e. The largest absolute Gasteiger partial charge is 0.480 e. The van der Waals surface area contributed by atoms with E-state index in [2.05, 4.69) is 10.2 Å². The smallest absolute Gasteiger partial charge is 0.326 e. The number of carboxylic acid groups (broad SMARTS) is 1. The first-order valence-corrected chi connectivity index (χ1v) is 8.19. The number of rotatable bonds is 3. The van der Waals surface area contributed by atoms with Crippen LogP contribution in [0.2, 0.25) is 0 Å². The summed E-state index contributed by atoms with van der Waals surface area (Å²) in [6.07, 6.45) is 1.69. The van der Waals surface area contributed by atoms with Crippen LogP contribution < -0.4 is 0 Å². The lowest BCUT2D eigenvalue weighted by Gasteiger charge is -2.33. The highest BCUT2D eigenvalue weighted by atomic mass is 32.2. The van der Waals surface area contributed by atoms with E-state index in [1.165, 1.54) is 6.20 Å². The Morgan fingerprint density at radius 3 is 2.77 bits per heavy atom. The number of hydrogen-bond acceptors (Lipinski definition) is 4. The molecule has 2 heterocycles. The van der Waals surface area contributed by atoms with Crippen LogP contribution in [0, 0.1) is 6.92 Å². The van der Waals surface area contributed by atoms with Gasteiger partial charge in [0.05, 0.1) is 11.9 Å². The van der Waals surface area contributed by atoms with Crippen molar-refractivity contribution in [2.45, 2.75) is 24.3 Å². The number of H-pyrrole nitrogens is 1. The summed E-state index contributed by atoms with van der Waals surface area (Å²) in [4.78, 5) is 11.7. The van der Waals surface area contributed by atoms with Crippen LogP contribution in [0.3, 0.4) is 0 Å². The number of sulfonamides is 1. The normalized spacial score (nSPS) is 18.9. The predicted molar refractivity (Wildman–Crippen MR) is 77.7 cm³/mol. The first kappa shape index (κ1) is 14.7. The number of aromatic amines is 1. The van der Waals surface area contributed by atoms with Gasteiger partial charge in [-0.05, 0) is 24.5 Å². The molecule has 116 valence electrons. The fourth-order valence-corrected chi connectivity index (χ4v) is 4.47. The average molecular weight is 321 g/mol. The topological polar surface area (TPSA) is 103 Å². The number of carbonyl (C=O) groups is 1. The first-order chi connectivity index (χ1) is 10.4. The van der Waals surface area contributed by atoms with Gasteiger partial charge in [0.15, 0.2) is 0 Å². The van der Waals surface area contributed by atoms with Crippen molar-refractivity contribution in [3.63, 3.8) is 0 Å². The number of nitrogens with zero attached hydrogens (tertiary/aromatic N) is 2. The molecule has 1 aromatic carbocycles. The van der Waals surface area contributed by atoms with Crippen molar-refractivity contribution < 1.29 is 18.3 Å². The average Bonchev–Trinajstić information content (AvgIpc) is 2.92. The molecule has 0 saturated heterocycles. The summed E-state index contributed by atoms with van der Waals surface area (Å²) in [5.41, 5.74) is 1.78. The molecular weight excluding hydrogens is 306 g/mol. The van der Waals surface area contributed by atoms with E-state index in [4.69, 9.17) is 0 Å². The summed E-state index contributed by atoms with van der Waals surface area (Å²) in [5, 5.41) is 15.8. The summed E-state index contributed by atoms with van der Waals surface area (Å²) >= 11 is 0. The number of aryl methyl sites for hydroxylation is 1. The van der Waals surface area contributed by atoms with Crippen LogP contribution in [-0.2, 0) is 21.2 Å². The Morgan fingerprint density at radius 1 is 1.41 bits per heavy atom. The van der Waals surface area contributed by atoms with Gasteiger partial charge >= 0.3 is 5.97 Å². The third-order valence-electron chi connectivity index (χ3n) is 3.84. The van der Waals surface area contributed by atoms with Gasteiger partial charge in [-0.2, -0.15) is 9.40 Å². The Balaban J connectivity index is 2.12. The minimum atomic E-state index is -3.93. The molecule has 2 N–H and O–H groups in total. The molecule has 0 spiro atoms. The molecule has 1 aliphatic heterocycles. The fourth-order valence-electron chi connectivity index (χ4n) is 2.78. The molecule has 8 heteroatoms. The van der Waals surface area contributed by atoms with E-state index < -0.39 is 22.0 Å². The Bertz CT molecular complexity index is 828. The van der Waals surface area contributed by atoms with Crippen molar-refractivity contribution in [3.8, 4) is 0 Å². The zero-order valence-electron chi connectivity index (χ0n) is 11.9. The summed E-state index contributed by atoms with van der Waals surface area (Å²) in [7, 11) is -3.93. The number of benzene rings is 1. The van der Waals surface area contributed by atoms with E-state index in [9.17, 15) is 18.3 Å². The van der Waals surface area contributed by atoms with E-state index in [-0.39, 0.29) is 11.4 Å². The third kappa shape index (κ3) is 2.20. The number of aliphatic carboxylic acids is 1. The highest BCUT2D eigenvalue weighted by Gasteiger charge is 2.41. The maximum Gasteiger partial charge on any atom is 0.326 e. The molecule has 1 aromatic heterocycles. The summed E-state index contributed by atoms with van der Waals surface area (Å²) in [6, 6.07) is 5.82.